The van der Waals surface area contributed by atoms with Crippen LogP contribution in [0.2, 0.25) is 0 Å². The molecular weight excluding hydrogens is 573 g/mol. The van der Waals surface area contributed by atoms with Crippen molar-refractivity contribution in [3.8, 4) is 28.8 Å². The number of carbonyl (C=O) groups is 1. The number of benzene rings is 3. The minimum absolute atomic E-state index is 0.0733. The molecule has 10 heteroatoms. The summed E-state index contributed by atoms with van der Waals surface area (Å²) in [6.07, 6.45) is 1.49. The lowest BCUT2D eigenvalue weighted by molar-refractivity contribution is 0.0728. The van der Waals surface area contributed by atoms with Crippen molar-refractivity contribution >= 4 is 40.7 Å². The average Bonchev–Trinajstić information content (AvgIpc) is 2.90. The van der Waals surface area contributed by atoms with Crippen LogP contribution < -0.4 is 20.5 Å². The van der Waals surface area contributed by atoms with Gasteiger partial charge in [0, 0.05) is 5.56 Å². The lowest BCUT2D eigenvalue weighted by atomic mass is 10.1. The number of halogens is 1. The van der Waals surface area contributed by atoms with Gasteiger partial charge in [0.2, 0.25) is 5.95 Å². The molecule has 0 bridgehead atoms. The van der Waals surface area contributed by atoms with Crippen LogP contribution in [0, 0.1) is 14.9 Å². The molecule has 0 radical (unpaired) electrons. The lowest BCUT2D eigenvalue weighted by Crippen LogP contribution is -2.16. The molecule has 0 aliphatic heterocycles. The van der Waals surface area contributed by atoms with Crippen LogP contribution in [-0.2, 0) is 0 Å². The quantitative estimate of drug-likeness (QED) is 0.106. The van der Waals surface area contributed by atoms with E-state index in [4.69, 9.17) is 9.47 Å². The van der Waals surface area contributed by atoms with Crippen molar-refractivity contribution in [2.24, 2.45) is 5.10 Å². The Kier molecular flexibility index (Phi) is 7.72. The third-order valence-corrected chi connectivity index (χ3v) is 5.72. The summed E-state index contributed by atoms with van der Waals surface area (Å²) >= 11 is 2.04. The molecule has 0 unspecified atom stereocenters. The smallest absolute Gasteiger partial charge is 0.343 e. The van der Waals surface area contributed by atoms with Gasteiger partial charge in [-0.05, 0) is 52.4 Å². The predicted octanol–water partition coefficient (Wildman–Crippen LogP) is 4.59. The highest BCUT2D eigenvalue weighted by Gasteiger charge is 2.17. The highest BCUT2D eigenvalue weighted by molar-refractivity contribution is 14.1. The fourth-order valence-corrected chi connectivity index (χ4v) is 3.98. The van der Waals surface area contributed by atoms with Gasteiger partial charge in [-0.1, -0.05) is 48.5 Å². The van der Waals surface area contributed by atoms with Gasteiger partial charge in [0.1, 0.15) is 11.6 Å². The average molecular weight is 591 g/mol. The molecule has 0 aliphatic rings. The van der Waals surface area contributed by atoms with E-state index >= 15 is 0 Å². The number of hydrogen-bond donors (Lipinski definition) is 2. The molecule has 4 aromatic rings. The van der Waals surface area contributed by atoms with Crippen molar-refractivity contribution in [3.63, 3.8) is 0 Å². The van der Waals surface area contributed by atoms with Gasteiger partial charge in [0.25, 0.3) is 5.56 Å². The molecule has 0 amide bonds. The molecule has 178 valence electrons. The van der Waals surface area contributed by atoms with E-state index in [0.717, 1.165) is 0 Å². The SMILES string of the molecule is COc1cc(C=NNc2nc(-c3ccccc3)c(C#N)c(=O)[nH]2)cc(I)c1OC(=O)c1ccccc1. The van der Waals surface area contributed by atoms with E-state index in [2.05, 4.69) is 20.5 Å². The first-order chi connectivity index (χ1) is 17.5. The van der Waals surface area contributed by atoms with Crippen LogP contribution in [0.5, 0.6) is 11.5 Å². The number of esters is 1. The Morgan fingerprint density at radius 3 is 2.50 bits per heavy atom. The number of ether oxygens (including phenoxy) is 2. The van der Waals surface area contributed by atoms with Gasteiger partial charge in [-0.15, -0.1) is 0 Å². The topological polar surface area (TPSA) is 129 Å². The molecule has 1 heterocycles. The molecular formula is C26H18IN5O4. The van der Waals surface area contributed by atoms with Gasteiger partial charge in [0.15, 0.2) is 11.5 Å². The summed E-state index contributed by atoms with van der Waals surface area (Å²) in [5.74, 6) is 0.218. The summed E-state index contributed by atoms with van der Waals surface area (Å²) < 4.78 is 11.6. The van der Waals surface area contributed by atoms with E-state index in [0.29, 0.717) is 31.8 Å². The fraction of sp³-hybridized carbons (Fsp3) is 0.0385. The van der Waals surface area contributed by atoms with Crippen molar-refractivity contribution in [1.29, 1.82) is 5.26 Å². The maximum Gasteiger partial charge on any atom is 0.343 e. The van der Waals surface area contributed by atoms with E-state index in [-0.39, 0.29) is 17.2 Å². The van der Waals surface area contributed by atoms with Crippen molar-refractivity contribution < 1.29 is 14.3 Å². The van der Waals surface area contributed by atoms with Gasteiger partial charge in [-0.2, -0.15) is 10.4 Å². The first-order valence-electron chi connectivity index (χ1n) is 10.5. The number of nitriles is 1. The van der Waals surface area contributed by atoms with Gasteiger partial charge < -0.3 is 9.47 Å². The van der Waals surface area contributed by atoms with Crippen LogP contribution in [0.15, 0.2) is 82.7 Å². The molecule has 3 aromatic carbocycles. The molecule has 0 saturated carbocycles. The van der Waals surface area contributed by atoms with Gasteiger partial charge in [-0.3, -0.25) is 9.78 Å². The van der Waals surface area contributed by atoms with Crippen LogP contribution in [0.3, 0.4) is 0 Å². The van der Waals surface area contributed by atoms with Gasteiger partial charge in [0.05, 0.1) is 28.2 Å². The maximum atomic E-state index is 12.5. The molecule has 0 atom stereocenters. The second kappa shape index (κ2) is 11.3. The minimum atomic E-state index is -0.579. The van der Waals surface area contributed by atoms with Gasteiger partial charge >= 0.3 is 5.97 Å². The number of aromatic amines is 1. The van der Waals surface area contributed by atoms with Crippen molar-refractivity contribution in [3.05, 3.63) is 103 Å². The van der Waals surface area contributed by atoms with E-state index in [1.165, 1.54) is 13.3 Å². The van der Waals surface area contributed by atoms with Gasteiger partial charge in [-0.25, -0.2) is 15.2 Å². The van der Waals surface area contributed by atoms with Crippen LogP contribution in [0.1, 0.15) is 21.5 Å². The summed E-state index contributed by atoms with van der Waals surface area (Å²) in [7, 11) is 1.47. The van der Waals surface area contributed by atoms with Crippen LogP contribution in [0.4, 0.5) is 5.95 Å². The first-order valence-corrected chi connectivity index (χ1v) is 11.6. The number of H-pyrrole nitrogens is 1. The molecule has 0 fully saturated rings. The molecule has 0 spiro atoms. The minimum Gasteiger partial charge on any atom is -0.493 e. The van der Waals surface area contributed by atoms with E-state index < -0.39 is 11.5 Å². The Balaban J connectivity index is 1.56. The Morgan fingerprint density at radius 2 is 1.83 bits per heavy atom. The second-order valence-electron chi connectivity index (χ2n) is 7.28. The Morgan fingerprint density at radius 1 is 1.14 bits per heavy atom. The van der Waals surface area contributed by atoms with E-state index in [9.17, 15) is 14.9 Å². The first kappa shape index (κ1) is 24.6. The standard InChI is InChI=1S/C26H18IN5O4/c1-35-21-13-16(12-20(27)23(21)36-25(34)18-10-6-3-7-11-18)15-29-32-26-30-22(17-8-4-2-5-9-17)19(14-28)24(33)31-26/h2-13,15H,1H3,(H2,30,31,32,33). The van der Waals surface area contributed by atoms with Crippen LogP contribution in [-0.4, -0.2) is 29.3 Å². The fourth-order valence-electron chi connectivity index (χ4n) is 3.24. The van der Waals surface area contributed by atoms with E-state index in [1.54, 1.807) is 60.7 Å². The largest absolute Gasteiger partial charge is 0.493 e. The number of methoxy groups -OCH3 is 1. The highest BCUT2D eigenvalue weighted by Crippen LogP contribution is 2.34. The number of rotatable bonds is 7. The summed E-state index contributed by atoms with van der Waals surface area (Å²) in [5, 5.41) is 13.5. The summed E-state index contributed by atoms with van der Waals surface area (Å²) in [6.45, 7) is 0. The number of carbonyl (C=O) groups excluding carboxylic acids is 1. The Labute approximate surface area is 219 Å². The molecule has 4 rings (SSSR count). The van der Waals surface area contributed by atoms with Crippen molar-refractivity contribution in [2.45, 2.75) is 0 Å². The summed E-state index contributed by atoms with van der Waals surface area (Å²) in [6, 6.07) is 22.9. The second-order valence-corrected chi connectivity index (χ2v) is 8.44. The molecule has 1 aromatic heterocycles. The Hall–Kier alpha value is -4.50. The molecule has 0 saturated heterocycles. The molecule has 9 nitrogen and oxygen atoms in total. The lowest BCUT2D eigenvalue weighted by Gasteiger charge is -2.12. The highest BCUT2D eigenvalue weighted by atomic mass is 127. The normalized spacial score (nSPS) is 10.6. The van der Waals surface area contributed by atoms with Crippen molar-refractivity contribution in [2.75, 3.05) is 12.5 Å². The number of nitrogens with one attached hydrogen (secondary N) is 2. The Bertz CT molecular complexity index is 1530. The summed E-state index contributed by atoms with van der Waals surface area (Å²) in [5.41, 5.74) is 3.96. The van der Waals surface area contributed by atoms with Crippen molar-refractivity contribution in [1.82, 2.24) is 9.97 Å². The zero-order valence-electron chi connectivity index (χ0n) is 18.9. The third-order valence-electron chi connectivity index (χ3n) is 4.92. The summed E-state index contributed by atoms with van der Waals surface area (Å²) in [4.78, 5) is 31.7. The number of aromatic nitrogens is 2. The molecule has 36 heavy (non-hydrogen) atoms. The number of hydrogen-bond acceptors (Lipinski definition) is 8. The number of anilines is 1. The molecule has 2 N–H and O–H groups in total. The van der Waals surface area contributed by atoms with E-state index in [1.807, 2.05) is 40.8 Å². The number of nitrogens with zero attached hydrogens (tertiary/aromatic N) is 3. The zero-order chi connectivity index (χ0) is 25.5. The number of hydrazone groups is 1. The zero-order valence-corrected chi connectivity index (χ0v) is 21.0. The van der Waals surface area contributed by atoms with Crippen LogP contribution in [0.25, 0.3) is 11.3 Å². The van der Waals surface area contributed by atoms with Crippen LogP contribution >= 0.6 is 22.6 Å². The monoisotopic (exact) mass is 591 g/mol. The maximum absolute atomic E-state index is 12.5. The predicted molar refractivity (Wildman–Crippen MR) is 143 cm³/mol. The third kappa shape index (κ3) is 5.59. The molecule has 0 aliphatic carbocycles.